The minimum Gasteiger partial charge on any atom is -0.497 e. The Bertz CT molecular complexity index is 303. The Labute approximate surface area is 86.1 Å². The third kappa shape index (κ3) is 2.41. The van der Waals surface area contributed by atoms with Crippen LogP contribution >= 0.6 is 0 Å². The maximum Gasteiger partial charge on any atom is 0.118 e. The summed E-state index contributed by atoms with van der Waals surface area (Å²) in [7, 11) is 1.70. The van der Waals surface area contributed by atoms with Crippen molar-refractivity contribution in [2.24, 2.45) is 11.1 Å². The molecule has 0 saturated heterocycles. The molecule has 1 aliphatic carbocycles. The Balaban J connectivity index is 3.09. The largest absolute Gasteiger partial charge is 0.497 e. The van der Waals surface area contributed by atoms with Crippen molar-refractivity contribution < 1.29 is 4.74 Å². The fraction of sp³-hybridized carbons (Fsp3) is 0.500. The second-order valence-electron chi connectivity index (χ2n) is 4.55. The number of hydrogen-bond donors (Lipinski definition) is 1. The maximum absolute atomic E-state index is 5.77. The highest BCUT2D eigenvalue weighted by Crippen LogP contribution is 2.33. The first kappa shape index (κ1) is 10.9. The van der Waals surface area contributed by atoms with Crippen molar-refractivity contribution in [3.8, 4) is 0 Å². The zero-order chi connectivity index (χ0) is 10.8. The zero-order valence-corrected chi connectivity index (χ0v) is 9.42. The summed E-state index contributed by atoms with van der Waals surface area (Å²) in [6, 6.07) is 0. The second kappa shape index (κ2) is 3.91. The maximum atomic E-state index is 5.77. The van der Waals surface area contributed by atoms with Gasteiger partial charge in [-0.3, -0.25) is 0 Å². The summed E-state index contributed by atoms with van der Waals surface area (Å²) < 4.78 is 5.36. The van der Waals surface area contributed by atoms with Crippen LogP contribution in [-0.4, -0.2) is 7.11 Å². The van der Waals surface area contributed by atoms with Crippen molar-refractivity contribution in [3.05, 3.63) is 35.3 Å². The standard InChI is InChI=1S/C12H19NO/c1-12(2,3)10-7-5-9(13)6-8-11(10)14-4/h5,7-8H,6,13H2,1-4H3. The van der Waals surface area contributed by atoms with E-state index >= 15 is 0 Å². The summed E-state index contributed by atoms with van der Waals surface area (Å²) in [5.74, 6) is 0.939. The van der Waals surface area contributed by atoms with E-state index in [1.807, 2.05) is 12.2 Å². The van der Waals surface area contributed by atoms with Crippen molar-refractivity contribution in [1.82, 2.24) is 0 Å². The summed E-state index contributed by atoms with van der Waals surface area (Å²) in [6.07, 6.45) is 6.82. The molecule has 0 atom stereocenters. The number of nitrogens with two attached hydrogens (primary N) is 1. The van der Waals surface area contributed by atoms with E-state index in [1.165, 1.54) is 5.57 Å². The molecule has 0 unspecified atom stereocenters. The Hall–Kier alpha value is -1.18. The van der Waals surface area contributed by atoms with Crippen LogP contribution in [0.3, 0.4) is 0 Å². The van der Waals surface area contributed by atoms with Gasteiger partial charge in [-0.25, -0.2) is 0 Å². The molecule has 0 aliphatic heterocycles. The monoisotopic (exact) mass is 193 g/mol. The van der Waals surface area contributed by atoms with E-state index in [1.54, 1.807) is 7.11 Å². The molecular weight excluding hydrogens is 174 g/mol. The third-order valence-corrected chi connectivity index (χ3v) is 2.28. The Morgan fingerprint density at radius 3 is 2.43 bits per heavy atom. The molecule has 0 saturated carbocycles. The Morgan fingerprint density at radius 1 is 1.29 bits per heavy atom. The Morgan fingerprint density at radius 2 is 1.93 bits per heavy atom. The molecular formula is C12H19NO. The quantitative estimate of drug-likeness (QED) is 0.695. The van der Waals surface area contributed by atoms with Crippen LogP contribution in [0.25, 0.3) is 0 Å². The van der Waals surface area contributed by atoms with E-state index in [-0.39, 0.29) is 5.41 Å². The topological polar surface area (TPSA) is 35.2 Å². The van der Waals surface area contributed by atoms with Crippen LogP contribution in [0.2, 0.25) is 0 Å². The summed E-state index contributed by atoms with van der Waals surface area (Å²) in [4.78, 5) is 0. The van der Waals surface area contributed by atoms with Gasteiger partial charge >= 0.3 is 0 Å². The van der Waals surface area contributed by atoms with Gasteiger partial charge in [-0.05, 0) is 23.1 Å². The molecule has 78 valence electrons. The normalized spacial score (nSPS) is 17.9. The molecule has 0 aromatic carbocycles. The molecule has 1 rings (SSSR count). The summed E-state index contributed by atoms with van der Waals surface area (Å²) >= 11 is 0. The van der Waals surface area contributed by atoms with Crippen LogP contribution in [0, 0.1) is 5.41 Å². The highest BCUT2D eigenvalue weighted by atomic mass is 16.5. The van der Waals surface area contributed by atoms with Gasteiger partial charge in [-0.15, -0.1) is 0 Å². The molecule has 0 spiro atoms. The van der Waals surface area contributed by atoms with Crippen molar-refractivity contribution in [2.45, 2.75) is 27.2 Å². The fourth-order valence-corrected chi connectivity index (χ4v) is 1.47. The highest BCUT2D eigenvalue weighted by Gasteiger charge is 2.21. The molecule has 0 fully saturated rings. The van der Waals surface area contributed by atoms with Crippen LogP contribution in [0.5, 0.6) is 0 Å². The molecule has 0 heterocycles. The number of allylic oxidation sites excluding steroid dienone is 4. The minimum absolute atomic E-state index is 0.0863. The lowest BCUT2D eigenvalue weighted by Crippen LogP contribution is -2.12. The van der Waals surface area contributed by atoms with Crippen LogP contribution in [0.15, 0.2) is 35.3 Å². The average molecular weight is 193 g/mol. The molecule has 0 aromatic rings. The minimum atomic E-state index is 0.0863. The van der Waals surface area contributed by atoms with Crippen molar-refractivity contribution in [2.75, 3.05) is 7.11 Å². The van der Waals surface area contributed by atoms with Gasteiger partial charge in [0.25, 0.3) is 0 Å². The first-order chi connectivity index (χ1) is 6.45. The van der Waals surface area contributed by atoms with Crippen molar-refractivity contribution in [3.63, 3.8) is 0 Å². The van der Waals surface area contributed by atoms with Crippen LogP contribution in [0.1, 0.15) is 27.2 Å². The molecule has 2 N–H and O–H groups in total. The molecule has 2 nitrogen and oxygen atoms in total. The lowest BCUT2D eigenvalue weighted by molar-refractivity contribution is 0.281. The van der Waals surface area contributed by atoms with E-state index in [2.05, 4.69) is 26.8 Å². The van der Waals surface area contributed by atoms with Gasteiger partial charge in [-0.2, -0.15) is 0 Å². The number of methoxy groups -OCH3 is 1. The second-order valence-corrected chi connectivity index (χ2v) is 4.55. The lowest BCUT2D eigenvalue weighted by Gasteiger charge is -2.23. The van der Waals surface area contributed by atoms with Gasteiger partial charge in [0.05, 0.1) is 7.11 Å². The summed E-state index contributed by atoms with van der Waals surface area (Å²) in [6.45, 7) is 6.50. The third-order valence-electron chi connectivity index (χ3n) is 2.28. The molecule has 0 amide bonds. The van der Waals surface area contributed by atoms with Gasteiger partial charge in [0.15, 0.2) is 0 Å². The van der Waals surface area contributed by atoms with Crippen LogP contribution < -0.4 is 5.73 Å². The van der Waals surface area contributed by atoms with Gasteiger partial charge in [-0.1, -0.05) is 26.8 Å². The van der Waals surface area contributed by atoms with Crippen molar-refractivity contribution >= 4 is 0 Å². The predicted octanol–water partition coefficient (Wildman–Crippen LogP) is 2.74. The number of rotatable bonds is 1. The molecule has 0 aromatic heterocycles. The smallest absolute Gasteiger partial charge is 0.118 e. The van der Waals surface area contributed by atoms with E-state index < -0.39 is 0 Å². The summed E-state index contributed by atoms with van der Waals surface area (Å²) in [5.41, 5.74) is 7.93. The molecule has 0 bridgehead atoms. The van der Waals surface area contributed by atoms with Gasteiger partial charge in [0.2, 0.25) is 0 Å². The van der Waals surface area contributed by atoms with Crippen LogP contribution in [0.4, 0.5) is 0 Å². The van der Waals surface area contributed by atoms with Crippen molar-refractivity contribution in [1.29, 1.82) is 0 Å². The zero-order valence-electron chi connectivity index (χ0n) is 9.42. The number of hydrogen-bond acceptors (Lipinski definition) is 2. The Kier molecular flexibility index (Phi) is 3.04. The average Bonchev–Trinajstić information content (AvgIpc) is 2.25. The lowest BCUT2D eigenvalue weighted by atomic mass is 9.85. The van der Waals surface area contributed by atoms with E-state index in [9.17, 15) is 0 Å². The van der Waals surface area contributed by atoms with Crippen LogP contribution in [-0.2, 0) is 4.74 Å². The molecule has 2 heteroatoms. The van der Waals surface area contributed by atoms with E-state index in [0.29, 0.717) is 0 Å². The van der Waals surface area contributed by atoms with Gasteiger partial charge in [0, 0.05) is 12.1 Å². The van der Waals surface area contributed by atoms with Gasteiger partial charge < -0.3 is 10.5 Å². The van der Waals surface area contributed by atoms with E-state index in [4.69, 9.17) is 10.5 Å². The SMILES string of the molecule is COC1=CCC(N)=CC=C1C(C)(C)C. The molecule has 14 heavy (non-hydrogen) atoms. The summed E-state index contributed by atoms with van der Waals surface area (Å²) in [5, 5.41) is 0. The molecule has 0 radical (unpaired) electrons. The first-order valence-electron chi connectivity index (χ1n) is 4.86. The predicted molar refractivity (Wildman–Crippen MR) is 59.5 cm³/mol. The van der Waals surface area contributed by atoms with Gasteiger partial charge in [0.1, 0.15) is 5.76 Å². The fourth-order valence-electron chi connectivity index (χ4n) is 1.47. The molecule has 1 aliphatic rings. The first-order valence-corrected chi connectivity index (χ1v) is 4.86. The number of ether oxygens (including phenoxy) is 1. The highest BCUT2D eigenvalue weighted by molar-refractivity contribution is 5.38. The van der Waals surface area contributed by atoms with E-state index in [0.717, 1.165) is 17.9 Å².